The Balaban J connectivity index is 4.35. The van der Waals surface area contributed by atoms with E-state index in [1.807, 2.05) is 19.6 Å². The maximum atomic E-state index is 9.85. The van der Waals surface area contributed by atoms with Crippen molar-refractivity contribution in [2.75, 3.05) is 0 Å². The third kappa shape index (κ3) is 6.05. The molecule has 3 nitrogen and oxygen atoms in total. The van der Waals surface area contributed by atoms with E-state index in [1.165, 1.54) is 0 Å². The van der Waals surface area contributed by atoms with E-state index in [0.717, 1.165) is 0 Å². The van der Waals surface area contributed by atoms with Gasteiger partial charge >= 0.3 is 78.1 Å². The van der Waals surface area contributed by atoms with Crippen molar-refractivity contribution in [1.82, 2.24) is 0 Å². The Morgan fingerprint density at radius 2 is 1.64 bits per heavy atom. The molecule has 11 heavy (non-hydrogen) atoms. The number of hydrogen-bond acceptors (Lipinski definition) is 3. The molecule has 0 aromatic heterocycles. The zero-order valence-corrected chi connectivity index (χ0v) is 11.0. The molecule has 0 unspecified atom stereocenters. The third-order valence-electron chi connectivity index (χ3n) is 0.934. The molecular weight excluding hydrogens is 191 g/mol. The van der Waals surface area contributed by atoms with Gasteiger partial charge in [0, 0.05) is 0 Å². The predicted molar refractivity (Wildman–Crippen MR) is 51.0 cm³/mol. The first-order valence-electron chi connectivity index (χ1n) is 3.57. The standard InChI is InChI=1S/C5H16O3Si2.Al/c1-9(2,3)8-10(4,5,6)7;/h6H,1-5H3;/q-2;+1. The second-order valence-corrected chi connectivity index (χ2v) is 14.4. The monoisotopic (exact) mass is 207 g/mol. The average Bonchev–Trinajstić information content (AvgIpc) is 1.57. The molecule has 0 aromatic rings. The van der Waals surface area contributed by atoms with E-state index in [9.17, 15) is 4.80 Å². The maximum absolute atomic E-state index is 9.85. The fraction of sp³-hybridized carbons (Fsp3) is 1.00. The van der Waals surface area contributed by atoms with Crippen molar-refractivity contribution < 1.29 is 12.4 Å². The first-order chi connectivity index (χ1) is 4.53. The molecule has 0 saturated heterocycles. The summed E-state index contributed by atoms with van der Waals surface area (Å²) in [5.41, 5.74) is 0. The summed E-state index contributed by atoms with van der Waals surface area (Å²) >= 11 is 2.07. The van der Waals surface area contributed by atoms with Gasteiger partial charge in [0.2, 0.25) is 0 Å². The Kier molecular flexibility index (Phi) is 3.19. The fourth-order valence-electron chi connectivity index (χ4n) is 0.898. The molecule has 0 aliphatic carbocycles. The Morgan fingerprint density at radius 1 is 1.27 bits per heavy atom. The molecule has 0 bridgehead atoms. The average molecular weight is 207 g/mol. The second kappa shape index (κ2) is 2.96. The Morgan fingerprint density at radius 3 is 1.73 bits per heavy atom. The van der Waals surface area contributed by atoms with Gasteiger partial charge in [-0.3, -0.25) is 0 Å². The van der Waals surface area contributed by atoms with E-state index in [0.29, 0.717) is 0 Å². The van der Waals surface area contributed by atoms with Crippen molar-refractivity contribution in [3.63, 3.8) is 0 Å². The van der Waals surface area contributed by atoms with Crippen LogP contribution in [0.2, 0.25) is 32.7 Å². The number of rotatable bonds is 3. The van der Waals surface area contributed by atoms with E-state index in [-0.39, 0.29) is 0 Å². The molecule has 0 aromatic carbocycles. The molecule has 0 aliphatic heterocycles. The van der Waals surface area contributed by atoms with Gasteiger partial charge in [-0.15, -0.1) is 0 Å². The third-order valence-corrected chi connectivity index (χ3v) is 8.41. The van der Waals surface area contributed by atoms with E-state index in [2.05, 4.69) is 16.6 Å². The summed E-state index contributed by atoms with van der Waals surface area (Å²) in [5.74, 6) is 0. The van der Waals surface area contributed by atoms with Gasteiger partial charge in [-0.2, -0.15) is 0 Å². The minimum atomic E-state index is -3.48. The molecule has 0 rings (SSSR count). The van der Waals surface area contributed by atoms with Gasteiger partial charge in [0.1, 0.15) is 0 Å². The quantitative estimate of drug-likeness (QED) is 0.704. The predicted octanol–water partition coefficient (Wildman–Crippen LogP) is 1.08. The molecule has 0 aliphatic rings. The Hall–Kier alpha value is 0.846. The van der Waals surface area contributed by atoms with Crippen molar-refractivity contribution >= 4 is 33.0 Å². The Bertz CT molecular complexity index is 146. The van der Waals surface area contributed by atoms with Gasteiger partial charge in [-0.25, -0.2) is 0 Å². The van der Waals surface area contributed by atoms with Crippen LogP contribution in [0.15, 0.2) is 0 Å². The molecule has 66 valence electrons. The summed E-state index contributed by atoms with van der Waals surface area (Å²) in [6.45, 7) is 9.35. The van der Waals surface area contributed by atoms with Gasteiger partial charge in [0.25, 0.3) is 0 Å². The van der Waals surface area contributed by atoms with E-state index >= 15 is 0 Å². The zero-order chi connectivity index (χ0) is 9.36. The van der Waals surface area contributed by atoms with Crippen LogP contribution in [0, 0.1) is 0 Å². The van der Waals surface area contributed by atoms with Crippen LogP contribution >= 0.6 is 0 Å². The van der Waals surface area contributed by atoms with Crippen LogP contribution in [0.25, 0.3) is 0 Å². The van der Waals surface area contributed by atoms with E-state index in [1.54, 1.807) is 13.1 Å². The first-order valence-corrected chi connectivity index (χ1v) is 10.7. The van der Waals surface area contributed by atoms with Crippen LogP contribution in [-0.2, 0) is 7.59 Å². The van der Waals surface area contributed by atoms with Crippen molar-refractivity contribution in [1.29, 1.82) is 0 Å². The van der Waals surface area contributed by atoms with E-state index < -0.39 is 16.4 Å². The normalized spacial score (nSPS) is 17.5. The molecule has 0 fully saturated rings. The molecule has 0 atom stereocenters. The van der Waals surface area contributed by atoms with Crippen LogP contribution in [0.1, 0.15) is 0 Å². The van der Waals surface area contributed by atoms with Crippen LogP contribution in [0.4, 0.5) is 0 Å². The second-order valence-electron chi connectivity index (χ2n) is 4.36. The summed E-state index contributed by atoms with van der Waals surface area (Å²) in [7, 11) is -5.19. The van der Waals surface area contributed by atoms with E-state index in [4.69, 9.17) is 7.59 Å². The van der Waals surface area contributed by atoms with Crippen LogP contribution in [-0.4, -0.2) is 37.8 Å². The molecule has 2 radical (unpaired) electrons. The zero-order valence-electron chi connectivity index (χ0n) is 7.84. The summed E-state index contributed by atoms with van der Waals surface area (Å²) in [4.78, 5) is 9.85. The van der Waals surface area contributed by atoms with Gasteiger partial charge in [-0.05, 0) is 0 Å². The Labute approximate surface area is 78.4 Å². The molecule has 0 spiro atoms. The first kappa shape index (κ1) is 11.8. The van der Waals surface area contributed by atoms with Gasteiger partial charge in [-0.1, -0.05) is 0 Å². The SMILES string of the molecule is C[Si](C)(C)O[Si-](C)(C)(O)[O][Al]. The molecule has 0 saturated carbocycles. The molecule has 1 N–H and O–H groups in total. The number of hydrogen-bond donors (Lipinski definition) is 1. The van der Waals surface area contributed by atoms with Crippen molar-refractivity contribution in [2.24, 2.45) is 0 Å². The summed E-state index contributed by atoms with van der Waals surface area (Å²) in [6, 6.07) is 0. The van der Waals surface area contributed by atoms with Gasteiger partial charge < -0.3 is 0 Å². The molecular formula is C5H16AlO3Si2-. The summed E-state index contributed by atoms with van der Waals surface area (Å²) < 4.78 is 10.5. The summed E-state index contributed by atoms with van der Waals surface area (Å²) in [6.07, 6.45) is 0. The van der Waals surface area contributed by atoms with Gasteiger partial charge in [0.05, 0.1) is 0 Å². The minimum absolute atomic E-state index is 1.64. The van der Waals surface area contributed by atoms with Crippen molar-refractivity contribution in [2.45, 2.75) is 32.7 Å². The van der Waals surface area contributed by atoms with Crippen LogP contribution in [0.3, 0.4) is 0 Å². The molecule has 0 amide bonds. The topological polar surface area (TPSA) is 38.7 Å². The van der Waals surface area contributed by atoms with Crippen LogP contribution < -0.4 is 0 Å². The molecule has 0 heterocycles. The van der Waals surface area contributed by atoms with Crippen molar-refractivity contribution in [3.8, 4) is 0 Å². The fourth-order valence-corrected chi connectivity index (χ4v) is 8.52. The van der Waals surface area contributed by atoms with Crippen LogP contribution in [0.5, 0.6) is 0 Å². The molecule has 6 heteroatoms. The van der Waals surface area contributed by atoms with Crippen molar-refractivity contribution in [3.05, 3.63) is 0 Å². The van der Waals surface area contributed by atoms with Gasteiger partial charge in [0.15, 0.2) is 0 Å². The summed E-state index contributed by atoms with van der Waals surface area (Å²) in [5, 5.41) is 0.